The number of allylic oxidation sites excluding steroid dienone is 7. The first kappa shape index (κ1) is 23.0. The van der Waals surface area contributed by atoms with Gasteiger partial charge in [0.1, 0.15) is 0 Å². The Bertz CT molecular complexity index is 1550. The molecular formula is C30H24N4S2. The van der Waals surface area contributed by atoms with Crippen LogP contribution in [0.25, 0.3) is 30.7 Å². The van der Waals surface area contributed by atoms with Gasteiger partial charge >= 0.3 is 0 Å². The summed E-state index contributed by atoms with van der Waals surface area (Å²) in [6.07, 6.45) is 17.7. The molecule has 0 saturated heterocycles. The van der Waals surface area contributed by atoms with Crippen LogP contribution in [0.2, 0.25) is 0 Å². The van der Waals surface area contributed by atoms with Crippen LogP contribution in [0.4, 0.5) is 0 Å². The van der Waals surface area contributed by atoms with E-state index in [0.717, 1.165) is 30.6 Å². The summed E-state index contributed by atoms with van der Waals surface area (Å²) in [5.74, 6) is 0. The van der Waals surface area contributed by atoms with Gasteiger partial charge in [-0.1, -0.05) is 44.6 Å². The lowest BCUT2D eigenvalue weighted by Crippen LogP contribution is -2.28. The highest BCUT2D eigenvalue weighted by Gasteiger charge is 2.56. The van der Waals surface area contributed by atoms with Gasteiger partial charge < -0.3 is 0 Å². The zero-order valence-electron chi connectivity index (χ0n) is 20.0. The monoisotopic (exact) mass is 504 g/mol. The normalized spacial score (nSPS) is 22.1. The number of hydrogen-bond acceptors (Lipinski definition) is 4. The van der Waals surface area contributed by atoms with Crippen LogP contribution >= 0.6 is 22.7 Å². The number of rotatable bonds is 2. The third-order valence-electron chi connectivity index (χ3n) is 8.66. The molecule has 2 spiro atoms. The molecule has 0 aromatic carbocycles. The fraction of sp³-hybridized carbons (Fsp3) is 0.400. The van der Waals surface area contributed by atoms with Crippen LogP contribution in [-0.4, -0.2) is 0 Å². The zero-order valence-corrected chi connectivity index (χ0v) is 21.6. The van der Waals surface area contributed by atoms with Crippen LogP contribution in [-0.2, 0) is 5.41 Å². The van der Waals surface area contributed by atoms with Gasteiger partial charge in [0.05, 0.1) is 30.0 Å². The second-order valence-electron chi connectivity index (χ2n) is 10.3. The highest BCUT2D eigenvalue weighted by Crippen LogP contribution is 2.70. The van der Waals surface area contributed by atoms with Gasteiger partial charge in [0.25, 0.3) is 11.4 Å². The standard InChI is InChI=1S/C30H24N4S2/c1-33-20(17-31)13-19-14-23-25(29(19)9-5-3-6-10-29)28-26(30(23)11-7-4-8-12-30)27-24(36-28)16-22(35-27)15-21(18-32)34-2/h13-16H,3-12H2/b20-13+,21-15-. The third-order valence-corrected chi connectivity index (χ3v) is 11.0. The van der Waals surface area contributed by atoms with Crippen molar-refractivity contribution < 1.29 is 0 Å². The van der Waals surface area contributed by atoms with Crippen molar-refractivity contribution in [3.8, 4) is 12.1 Å². The van der Waals surface area contributed by atoms with Crippen molar-refractivity contribution in [2.24, 2.45) is 5.41 Å². The molecule has 4 nitrogen and oxygen atoms in total. The van der Waals surface area contributed by atoms with Crippen molar-refractivity contribution in [2.75, 3.05) is 0 Å². The van der Waals surface area contributed by atoms with Gasteiger partial charge in [-0.25, -0.2) is 20.2 Å². The molecule has 0 unspecified atom stereocenters. The van der Waals surface area contributed by atoms with Crippen LogP contribution < -0.4 is 0 Å². The second-order valence-corrected chi connectivity index (χ2v) is 12.5. The Kier molecular flexibility index (Phi) is 5.50. The highest BCUT2D eigenvalue weighted by molar-refractivity contribution is 7.29. The summed E-state index contributed by atoms with van der Waals surface area (Å²) >= 11 is 3.60. The Morgan fingerprint density at radius 3 is 2.08 bits per heavy atom. The number of fused-ring (bicyclic) bond motifs is 7. The van der Waals surface area contributed by atoms with E-state index >= 15 is 0 Å². The molecule has 4 aliphatic rings. The molecule has 2 saturated carbocycles. The van der Waals surface area contributed by atoms with Crippen molar-refractivity contribution in [1.29, 1.82) is 10.5 Å². The van der Waals surface area contributed by atoms with Gasteiger partial charge in [0.2, 0.25) is 0 Å². The minimum atomic E-state index is -0.0934. The summed E-state index contributed by atoms with van der Waals surface area (Å²) < 4.78 is 2.58. The van der Waals surface area contributed by atoms with Crippen LogP contribution in [0, 0.1) is 41.2 Å². The summed E-state index contributed by atoms with van der Waals surface area (Å²) in [7, 11) is 0. The molecular weight excluding hydrogens is 480 g/mol. The molecule has 2 fully saturated rings. The molecule has 0 amide bonds. The lowest BCUT2D eigenvalue weighted by molar-refractivity contribution is 0.329. The molecule has 2 heterocycles. The Labute approximate surface area is 219 Å². The van der Waals surface area contributed by atoms with Crippen molar-refractivity contribution in [1.82, 2.24) is 0 Å². The summed E-state index contributed by atoms with van der Waals surface area (Å²) in [6.45, 7) is 14.8. The molecule has 6 heteroatoms. The molecule has 0 bridgehead atoms. The average Bonchev–Trinajstić information content (AvgIpc) is 3.60. The van der Waals surface area contributed by atoms with Gasteiger partial charge in [-0.15, -0.1) is 22.7 Å². The summed E-state index contributed by atoms with van der Waals surface area (Å²) in [6, 6.07) is 6.26. The van der Waals surface area contributed by atoms with Crippen molar-refractivity contribution in [3.63, 3.8) is 0 Å². The molecule has 0 radical (unpaired) electrons. The van der Waals surface area contributed by atoms with E-state index < -0.39 is 0 Å². The van der Waals surface area contributed by atoms with E-state index in [-0.39, 0.29) is 22.2 Å². The second kappa shape index (κ2) is 8.61. The van der Waals surface area contributed by atoms with Crippen molar-refractivity contribution >= 4 is 43.7 Å². The topological polar surface area (TPSA) is 56.3 Å². The molecule has 2 aromatic heterocycles. The third kappa shape index (κ3) is 3.12. The van der Waals surface area contributed by atoms with E-state index in [0.29, 0.717) is 0 Å². The molecule has 36 heavy (non-hydrogen) atoms. The maximum absolute atomic E-state index is 9.56. The van der Waals surface area contributed by atoms with Crippen LogP contribution in [0.1, 0.15) is 79.5 Å². The zero-order chi connectivity index (χ0) is 24.9. The van der Waals surface area contributed by atoms with E-state index in [1.807, 2.05) is 23.5 Å². The van der Waals surface area contributed by atoms with Crippen LogP contribution in [0.3, 0.4) is 0 Å². The predicted molar refractivity (Wildman–Crippen MR) is 145 cm³/mol. The van der Waals surface area contributed by atoms with E-state index in [4.69, 9.17) is 13.1 Å². The first-order valence-corrected chi connectivity index (χ1v) is 14.3. The summed E-state index contributed by atoms with van der Waals surface area (Å²) in [5, 5.41) is 18.8. The largest absolute Gasteiger partial charge is 0.263 e. The highest BCUT2D eigenvalue weighted by atomic mass is 32.1. The van der Waals surface area contributed by atoms with E-state index in [1.165, 1.54) is 75.1 Å². The predicted octanol–water partition coefficient (Wildman–Crippen LogP) is 8.93. The minimum Gasteiger partial charge on any atom is -0.227 e. The van der Waals surface area contributed by atoms with Gasteiger partial charge in [-0.3, -0.25) is 0 Å². The van der Waals surface area contributed by atoms with Gasteiger partial charge in [-0.05, 0) is 66.2 Å². The molecule has 0 atom stereocenters. The molecule has 6 rings (SSSR count). The van der Waals surface area contributed by atoms with E-state index in [1.54, 1.807) is 17.4 Å². The Morgan fingerprint density at radius 1 is 0.861 bits per heavy atom. The number of hydrogen-bond donors (Lipinski definition) is 0. The first-order chi connectivity index (χ1) is 17.6. The number of nitriles is 2. The van der Waals surface area contributed by atoms with Gasteiger partial charge in [0.15, 0.2) is 0 Å². The lowest BCUT2D eigenvalue weighted by atomic mass is 9.66. The SMILES string of the molecule is [C-]#[N+]/C(C#N)=C\c1cc2sc3c(c2s1)C1(CCCCC1)C1=C3C2(CCCCC2)C(/C=C(\C#N)[N+]#[C-])=C1. The van der Waals surface area contributed by atoms with Crippen molar-refractivity contribution in [3.05, 3.63) is 78.9 Å². The molecule has 0 N–H and O–H groups in total. The molecule has 4 aliphatic carbocycles. The Morgan fingerprint density at radius 2 is 1.47 bits per heavy atom. The van der Waals surface area contributed by atoms with Crippen molar-refractivity contribution in [2.45, 2.75) is 69.6 Å². The minimum absolute atomic E-state index is 0.00415. The molecule has 2 aromatic rings. The maximum atomic E-state index is 9.56. The van der Waals surface area contributed by atoms with Crippen LogP contribution in [0.15, 0.2) is 40.8 Å². The van der Waals surface area contributed by atoms with Gasteiger partial charge in [-0.2, -0.15) is 0 Å². The van der Waals surface area contributed by atoms with E-state index in [9.17, 15) is 10.5 Å². The van der Waals surface area contributed by atoms with Crippen LogP contribution in [0.5, 0.6) is 0 Å². The molecule has 0 aliphatic heterocycles. The smallest absolute Gasteiger partial charge is 0.227 e. The van der Waals surface area contributed by atoms with Gasteiger partial charge in [0, 0.05) is 25.3 Å². The lowest BCUT2D eigenvalue weighted by Gasteiger charge is -2.38. The maximum Gasteiger partial charge on any atom is 0.263 e. The molecule has 176 valence electrons. The Balaban J connectivity index is 1.59. The number of thiophene rings is 2. The fourth-order valence-electron chi connectivity index (χ4n) is 7.22. The summed E-state index contributed by atoms with van der Waals surface area (Å²) in [5.41, 5.74) is 5.85. The number of nitrogens with zero attached hydrogens (tertiary/aromatic N) is 4. The summed E-state index contributed by atoms with van der Waals surface area (Å²) in [4.78, 5) is 9.27. The average molecular weight is 505 g/mol. The quantitative estimate of drug-likeness (QED) is 0.303. The van der Waals surface area contributed by atoms with E-state index in [2.05, 4.69) is 27.9 Å². The Hall–Kier alpha value is -3.42. The fourth-order valence-corrected chi connectivity index (χ4v) is 10.2. The first-order valence-electron chi connectivity index (χ1n) is 12.6.